The normalized spacial score (nSPS) is 13.9. The Kier molecular flexibility index (Phi) is 5.55. The molecule has 3 nitrogen and oxygen atoms in total. The summed E-state index contributed by atoms with van der Waals surface area (Å²) >= 11 is 0. The minimum atomic E-state index is -4.60. The van der Waals surface area contributed by atoms with Gasteiger partial charge in [0.15, 0.2) is 0 Å². The zero-order valence-electron chi connectivity index (χ0n) is 11.9. The molecule has 1 rings (SSSR count). The molecular weight excluding hydrogens is 314 g/mol. The predicted octanol–water partition coefficient (Wildman–Crippen LogP) is 3.50. The molecule has 126 valence electrons. The van der Waals surface area contributed by atoms with Crippen LogP contribution < -0.4 is 10.2 Å². The van der Waals surface area contributed by atoms with Crippen LogP contribution in [0, 0.1) is 0 Å². The van der Waals surface area contributed by atoms with Crippen molar-refractivity contribution >= 4 is 11.4 Å². The van der Waals surface area contributed by atoms with Crippen LogP contribution in [0.25, 0.3) is 0 Å². The first-order valence-electron chi connectivity index (χ1n) is 6.27. The molecule has 0 saturated heterocycles. The fourth-order valence-corrected chi connectivity index (χ4v) is 1.84. The first-order valence-corrected chi connectivity index (χ1v) is 6.27. The van der Waals surface area contributed by atoms with Gasteiger partial charge in [-0.1, -0.05) is 0 Å². The van der Waals surface area contributed by atoms with Gasteiger partial charge in [0, 0.05) is 32.0 Å². The lowest BCUT2D eigenvalue weighted by Gasteiger charge is -2.21. The fraction of sp³-hybridized carbons (Fsp3) is 0.538. The Morgan fingerprint density at radius 1 is 1.14 bits per heavy atom. The fourth-order valence-electron chi connectivity index (χ4n) is 1.84. The molecule has 1 aromatic carbocycles. The molecule has 0 bridgehead atoms. The van der Waals surface area contributed by atoms with Gasteiger partial charge in [-0.3, -0.25) is 0 Å². The number of halogens is 6. The van der Waals surface area contributed by atoms with Crippen LogP contribution in [-0.2, 0) is 6.18 Å². The summed E-state index contributed by atoms with van der Waals surface area (Å²) in [6.07, 6.45) is -12.3. The molecule has 0 heterocycles. The Balaban J connectivity index is 2.85. The lowest BCUT2D eigenvalue weighted by atomic mass is 10.1. The lowest BCUT2D eigenvalue weighted by molar-refractivity contribution is -0.151. The van der Waals surface area contributed by atoms with Crippen molar-refractivity contribution < 1.29 is 31.4 Å². The molecule has 0 spiro atoms. The van der Waals surface area contributed by atoms with Crippen LogP contribution in [0.1, 0.15) is 12.0 Å². The van der Waals surface area contributed by atoms with Crippen molar-refractivity contribution in [1.29, 1.82) is 0 Å². The maximum Gasteiger partial charge on any atom is 0.418 e. The van der Waals surface area contributed by atoms with Crippen LogP contribution in [0.15, 0.2) is 18.2 Å². The average Bonchev–Trinajstić information content (AvgIpc) is 2.32. The summed E-state index contributed by atoms with van der Waals surface area (Å²) in [5, 5.41) is 11.6. The van der Waals surface area contributed by atoms with Gasteiger partial charge in [0.05, 0.1) is 18.1 Å². The molecule has 1 unspecified atom stereocenters. The molecule has 1 aromatic rings. The predicted molar refractivity (Wildman–Crippen MR) is 70.9 cm³/mol. The van der Waals surface area contributed by atoms with E-state index in [1.54, 1.807) is 0 Å². The molecule has 0 amide bonds. The van der Waals surface area contributed by atoms with Gasteiger partial charge in [0.2, 0.25) is 0 Å². The standard InChI is InChI=1S/C13H16F6N2O/c1-21(2)11-4-3-8(5-10(11)13(17,18)19)20-7-9(22)6-12(14,15)16/h3-5,9,20,22H,6-7H2,1-2H3. The summed E-state index contributed by atoms with van der Waals surface area (Å²) in [5.74, 6) is 0. The van der Waals surface area contributed by atoms with E-state index in [4.69, 9.17) is 0 Å². The number of hydrogen-bond acceptors (Lipinski definition) is 3. The third-order valence-corrected chi connectivity index (χ3v) is 2.79. The van der Waals surface area contributed by atoms with Gasteiger partial charge in [0.1, 0.15) is 0 Å². The first-order chi connectivity index (χ1) is 9.90. The molecule has 0 aliphatic carbocycles. The number of nitrogens with zero attached hydrogens (tertiary/aromatic N) is 1. The zero-order valence-corrected chi connectivity index (χ0v) is 11.9. The molecule has 0 saturated carbocycles. The van der Waals surface area contributed by atoms with Gasteiger partial charge in [-0.15, -0.1) is 0 Å². The molecule has 2 N–H and O–H groups in total. The summed E-state index contributed by atoms with van der Waals surface area (Å²) in [5.41, 5.74) is -0.985. The zero-order chi connectivity index (χ0) is 17.1. The van der Waals surface area contributed by atoms with E-state index in [0.717, 1.165) is 6.07 Å². The van der Waals surface area contributed by atoms with Crippen molar-refractivity contribution in [2.75, 3.05) is 30.9 Å². The highest BCUT2D eigenvalue weighted by atomic mass is 19.4. The quantitative estimate of drug-likeness (QED) is 0.811. The summed E-state index contributed by atoms with van der Waals surface area (Å²) in [4.78, 5) is 1.28. The van der Waals surface area contributed by atoms with Crippen molar-refractivity contribution in [2.45, 2.75) is 24.9 Å². The highest BCUT2D eigenvalue weighted by Gasteiger charge is 2.34. The Morgan fingerprint density at radius 3 is 2.18 bits per heavy atom. The highest BCUT2D eigenvalue weighted by molar-refractivity contribution is 5.61. The van der Waals surface area contributed by atoms with Crippen LogP contribution in [0.3, 0.4) is 0 Å². The van der Waals surface area contributed by atoms with E-state index in [1.165, 1.54) is 31.1 Å². The van der Waals surface area contributed by atoms with Crippen LogP contribution in [0.2, 0.25) is 0 Å². The van der Waals surface area contributed by atoms with Crippen LogP contribution in [-0.4, -0.2) is 38.0 Å². The number of anilines is 2. The number of nitrogens with one attached hydrogen (secondary N) is 1. The Morgan fingerprint density at radius 2 is 1.73 bits per heavy atom. The van der Waals surface area contributed by atoms with Crippen molar-refractivity contribution in [3.8, 4) is 0 Å². The number of alkyl halides is 6. The monoisotopic (exact) mass is 330 g/mol. The second kappa shape index (κ2) is 6.64. The Hall–Kier alpha value is -1.64. The SMILES string of the molecule is CN(C)c1ccc(NCC(O)CC(F)(F)F)cc1C(F)(F)F. The van der Waals surface area contributed by atoms with E-state index in [1.807, 2.05) is 0 Å². The second-order valence-electron chi connectivity index (χ2n) is 4.98. The molecule has 9 heteroatoms. The largest absolute Gasteiger partial charge is 0.418 e. The summed E-state index contributed by atoms with van der Waals surface area (Å²) in [6, 6.07) is 3.32. The van der Waals surface area contributed by atoms with Crippen LogP contribution in [0.4, 0.5) is 37.7 Å². The molecule has 0 aliphatic rings. The van der Waals surface area contributed by atoms with E-state index < -0.39 is 37.0 Å². The third kappa shape index (κ3) is 5.63. The average molecular weight is 330 g/mol. The molecule has 0 aromatic heterocycles. The van der Waals surface area contributed by atoms with Crippen molar-refractivity contribution in [1.82, 2.24) is 0 Å². The van der Waals surface area contributed by atoms with Gasteiger partial charge >= 0.3 is 12.4 Å². The van der Waals surface area contributed by atoms with E-state index in [0.29, 0.717) is 0 Å². The van der Waals surface area contributed by atoms with Gasteiger partial charge in [-0.2, -0.15) is 26.3 Å². The Bertz CT molecular complexity index is 498. The number of aliphatic hydroxyl groups excluding tert-OH is 1. The third-order valence-electron chi connectivity index (χ3n) is 2.79. The summed E-state index contributed by atoms with van der Waals surface area (Å²) < 4.78 is 75.0. The number of rotatable bonds is 5. The second-order valence-corrected chi connectivity index (χ2v) is 4.98. The molecule has 0 aliphatic heterocycles. The molecular formula is C13H16F6N2O. The van der Waals surface area contributed by atoms with Crippen LogP contribution in [0.5, 0.6) is 0 Å². The molecule has 0 radical (unpaired) electrons. The minimum Gasteiger partial charge on any atom is -0.391 e. The van der Waals surface area contributed by atoms with Gasteiger partial charge < -0.3 is 15.3 Å². The number of hydrogen-bond donors (Lipinski definition) is 2. The van der Waals surface area contributed by atoms with Gasteiger partial charge in [-0.05, 0) is 18.2 Å². The molecule has 1 atom stereocenters. The minimum absolute atomic E-state index is 0.0147. The smallest absolute Gasteiger partial charge is 0.391 e. The van der Waals surface area contributed by atoms with Crippen molar-refractivity contribution in [2.24, 2.45) is 0 Å². The number of benzene rings is 1. The summed E-state index contributed by atoms with van der Waals surface area (Å²) in [6.45, 7) is -0.502. The Labute approximate surface area is 123 Å². The topological polar surface area (TPSA) is 35.5 Å². The van der Waals surface area contributed by atoms with E-state index in [9.17, 15) is 31.4 Å². The van der Waals surface area contributed by atoms with Crippen LogP contribution >= 0.6 is 0 Å². The highest BCUT2D eigenvalue weighted by Crippen LogP contribution is 2.37. The molecule has 22 heavy (non-hydrogen) atoms. The van der Waals surface area contributed by atoms with E-state index >= 15 is 0 Å². The van der Waals surface area contributed by atoms with E-state index in [2.05, 4.69) is 5.32 Å². The lowest BCUT2D eigenvalue weighted by Crippen LogP contribution is -2.26. The maximum absolute atomic E-state index is 13.0. The maximum atomic E-state index is 13.0. The molecule has 0 fully saturated rings. The number of aliphatic hydroxyl groups is 1. The van der Waals surface area contributed by atoms with E-state index in [-0.39, 0.29) is 11.4 Å². The van der Waals surface area contributed by atoms with Gasteiger partial charge in [0.25, 0.3) is 0 Å². The van der Waals surface area contributed by atoms with Crippen molar-refractivity contribution in [3.63, 3.8) is 0 Å². The van der Waals surface area contributed by atoms with Crippen molar-refractivity contribution in [3.05, 3.63) is 23.8 Å². The summed E-state index contributed by atoms with van der Waals surface area (Å²) in [7, 11) is 2.90. The first kappa shape index (κ1) is 18.4. The van der Waals surface area contributed by atoms with Gasteiger partial charge in [-0.25, -0.2) is 0 Å².